The number of benzene rings is 1. The van der Waals surface area contributed by atoms with E-state index in [9.17, 15) is 4.79 Å². The van der Waals surface area contributed by atoms with E-state index in [2.05, 4.69) is 9.97 Å². The molecule has 0 aliphatic carbocycles. The Morgan fingerprint density at radius 1 is 1.26 bits per heavy atom. The maximum absolute atomic E-state index is 11.6. The highest BCUT2D eigenvalue weighted by Gasteiger charge is 2.07. The average molecular weight is 260 g/mol. The quantitative estimate of drug-likeness (QED) is 0.912. The van der Waals surface area contributed by atoms with Gasteiger partial charge in [0.25, 0.3) is 5.56 Å². The summed E-state index contributed by atoms with van der Waals surface area (Å²) < 4.78 is 10.2. The third kappa shape index (κ3) is 3.00. The zero-order chi connectivity index (χ0) is 13.8. The minimum absolute atomic E-state index is 0.188. The number of methoxy groups -OCH3 is 2. The van der Waals surface area contributed by atoms with Crippen molar-refractivity contribution in [2.45, 2.75) is 13.5 Å². The Morgan fingerprint density at radius 3 is 2.68 bits per heavy atom. The molecular formula is C14H16N2O3. The SMILES string of the molecule is COCc1nc(-c2ccc(OC)cc2C)cc(=O)[nH]1. The lowest BCUT2D eigenvalue weighted by Crippen LogP contribution is -2.12. The predicted octanol–water partition coefficient (Wildman–Crippen LogP) is 1.90. The summed E-state index contributed by atoms with van der Waals surface area (Å²) in [6.07, 6.45) is 0. The van der Waals surface area contributed by atoms with Crippen molar-refractivity contribution in [1.82, 2.24) is 9.97 Å². The molecule has 100 valence electrons. The van der Waals surface area contributed by atoms with Crippen LogP contribution in [0.2, 0.25) is 0 Å². The van der Waals surface area contributed by atoms with E-state index < -0.39 is 0 Å². The minimum Gasteiger partial charge on any atom is -0.497 e. The molecule has 0 unspecified atom stereocenters. The molecule has 0 atom stereocenters. The number of ether oxygens (including phenoxy) is 2. The van der Waals surface area contributed by atoms with Crippen LogP contribution >= 0.6 is 0 Å². The number of nitrogens with zero attached hydrogens (tertiary/aromatic N) is 1. The molecule has 5 heteroatoms. The Labute approximate surface area is 111 Å². The molecule has 0 radical (unpaired) electrons. The van der Waals surface area contributed by atoms with Crippen molar-refractivity contribution in [2.75, 3.05) is 14.2 Å². The van der Waals surface area contributed by atoms with Gasteiger partial charge in [-0.3, -0.25) is 4.79 Å². The summed E-state index contributed by atoms with van der Waals surface area (Å²) in [5.74, 6) is 1.29. The van der Waals surface area contributed by atoms with Gasteiger partial charge in [-0.25, -0.2) is 4.98 Å². The zero-order valence-electron chi connectivity index (χ0n) is 11.2. The molecule has 0 bridgehead atoms. The van der Waals surface area contributed by atoms with E-state index in [4.69, 9.17) is 9.47 Å². The molecule has 0 saturated heterocycles. The van der Waals surface area contributed by atoms with Crippen molar-refractivity contribution in [3.63, 3.8) is 0 Å². The first kappa shape index (κ1) is 13.3. The number of rotatable bonds is 4. The van der Waals surface area contributed by atoms with Crippen LogP contribution in [0.25, 0.3) is 11.3 Å². The summed E-state index contributed by atoms with van der Waals surface area (Å²) in [4.78, 5) is 18.7. The molecule has 2 rings (SSSR count). The number of H-pyrrole nitrogens is 1. The van der Waals surface area contributed by atoms with Crippen LogP contribution in [0.4, 0.5) is 0 Å². The molecule has 1 heterocycles. The average Bonchev–Trinajstić information content (AvgIpc) is 2.38. The number of hydrogen-bond acceptors (Lipinski definition) is 4. The standard InChI is InChI=1S/C14H16N2O3/c1-9-6-10(19-3)4-5-11(9)12-7-14(17)16-13(15-12)8-18-2/h4-7H,8H2,1-3H3,(H,15,16,17). The van der Waals surface area contributed by atoms with Gasteiger partial charge in [0.1, 0.15) is 18.2 Å². The van der Waals surface area contributed by atoms with Gasteiger partial charge in [0.15, 0.2) is 0 Å². The monoisotopic (exact) mass is 260 g/mol. The number of aryl methyl sites for hydroxylation is 1. The smallest absolute Gasteiger partial charge is 0.251 e. The van der Waals surface area contributed by atoms with Gasteiger partial charge < -0.3 is 14.5 Å². The normalized spacial score (nSPS) is 10.5. The third-order valence-corrected chi connectivity index (χ3v) is 2.78. The molecule has 0 fully saturated rings. The predicted molar refractivity (Wildman–Crippen MR) is 72.3 cm³/mol. The summed E-state index contributed by atoms with van der Waals surface area (Å²) in [5, 5.41) is 0. The number of aromatic amines is 1. The lowest BCUT2D eigenvalue weighted by atomic mass is 10.1. The highest BCUT2D eigenvalue weighted by molar-refractivity contribution is 5.64. The summed E-state index contributed by atoms with van der Waals surface area (Å²) >= 11 is 0. The van der Waals surface area contributed by atoms with Crippen molar-refractivity contribution < 1.29 is 9.47 Å². The minimum atomic E-state index is -0.188. The van der Waals surface area contributed by atoms with Crippen LogP contribution in [0.3, 0.4) is 0 Å². The Hall–Kier alpha value is -2.14. The summed E-state index contributed by atoms with van der Waals surface area (Å²) in [7, 11) is 3.18. The van der Waals surface area contributed by atoms with Gasteiger partial charge in [0, 0.05) is 18.7 Å². The van der Waals surface area contributed by atoms with E-state index in [1.165, 1.54) is 6.07 Å². The van der Waals surface area contributed by atoms with E-state index in [0.717, 1.165) is 16.9 Å². The van der Waals surface area contributed by atoms with Crippen LogP contribution in [0.15, 0.2) is 29.1 Å². The Morgan fingerprint density at radius 2 is 2.05 bits per heavy atom. The van der Waals surface area contributed by atoms with Crippen LogP contribution in [-0.4, -0.2) is 24.2 Å². The van der Waals surface area contributed by atoms with Crippen molar-refractivity contribution in [3.8, 4) is 17.0 Å². The van der Waals surface area contributed by atoms with E-state index in [-0.39, 0.29) is 12.2 Å². The largest absolute Gasteiger partial charge is 0.497 e. The molecule has 19 heavy (non-hydrogen) atoms. The van der Waals surface area contributed by atoms with Crippen molar-refractivity contribution in [2.24, 2.45) is 0 Å². The van der Waals surface area contributed by atoms with Gasteiger partial charge in [-0.2, -0.15) is 0 Å². The van der Waals surface area contributed by atoms with E-state index in [1.807, 2.05) is 25.1 Å². The van der Waals surface area contributed by atoms with Crippen LogP contribution in [-0.2, 0) is 11.3 Å². The topological polar surface area (TPSA) is 64.2 Å². The fourth-order valence-electron chi connectivity index (χ4n) is 1.90. The van der Waals surface area contributed by atoms with Crippen molar-refractivity contribution in [1.29, 1.82) is 0 Å². The molecule has 2 aromatic rings. The molecule has 5 nitrogen and oxygen atoms in total. The van der Waals surface area contributed by atoms with E-state index >= 15 is 0 Å². The molecule has 0 aliphatic heterocycles. The second kappa shape index (κ2) is 5.67. The van der Waals surface area contributed by atoms with Gasteiger partial charge in [-0.05, 0) is 30.7 Å². The van der Waals surface area contributed by atoms with E-state index in [1.54, 1.807) is 14.2 Å². The number of nitrogens with one attached hydrogen (secondary N) is 1. The maximum atomic E-state index is 11.6. The first-order valence-corrected chi connectivity index (χ1v) is 5.88. The Balaban J connectivity index is 2.49. The molecule has 0 saturated carbocycles. The molecule has 1 aromatic carbocycles. The van der Waals surface area contributed by atoms with Gasteiger partial charge in [-0.15, -0.1) is 0 Å². The van der Waals surface area contributed by atoms with E-state index in [0.29, 0.717) is 11.5 Å². The van der Waals surface area contributed by atoms with Crippen LogP contribution < -0.4 is 10.3 Å². The fraction of sp³-hybridized carbons (Fsp3) is 0.286. The third-order valence-electron chi connectivity index (χ3n) is 2.78. The molecular weight excluding hydrogens is 244 g/mol. The molecule has 0 aliphatic rings. The second-order valence-corrected chi connectivity index (χ2v) is 4.19. The summed E-state index contributed by atoms with van der Waals surface area (Å²) in [6.45, 7) is 2.23. The lowest BCUT2D eigenvalue weighted by molar-refractivity contribution is 0.177. The van der Waals surface area contributed by atoms with Gasteiger partial charge >= 0.3 is 0 Å². The maximum Gasteiger partial charge on any atom is 0.251 e. The first-order chi connectivity index (χ1) is 9.13. The van der Waals surface area contributed by atoms with Crippen molar-refractivity contribution >= 4 is 0 Å². The van der Waals surface area contributed by atoms with Gasteiger partial charge in [0.05, 0.1) is 12.8 Å². The zero-order valence-corrected chi connectivity index (χ0v) is 11.2. The summed E-state index contributed by atoms with van der Waals surface area (Å²) in [6, 6.07) is 7.13. The second-order valence-electron chi connectivity index (χ2n) is 4.19. The van der Waals surface area contributed by atoms with Crippen LogP contribution in [0, 0.1) is 6.92 Å². The number of hydrogen-bond donors (Lipinski definition) is 1. The molecule has 0 spiro atoms. The van der Waals surface area contributed by atoms with Crippen LogP contribution in [0.1, 0.15) is 11.4 Å². The Bertz CT molecular complexity index is 635. The highest BCUT2D eigenvalue weighted by atomic mass is 16.5. The molecule has 1 N–H and O–H groups in total. The summed E-state index contributed by atoms with van der Waals surface area (Å²) in [5.41, 5.74) is 2.35. The van der Waals surface area contributed by atoms with Gasteiger partial charge in [-0.1, -0.05) is 0 Å². The van der Waals surface area contributed by atoms with Gasteiger partial charge in [0.2, 0.25) is 0 Å². The lowest BCUT2D eigenvalue weighted by Gasteiger charge is -2.08. The first-order valence-electron chi connectivity index (χ1n) is 5.88. The number of aromatic nitrogens is 2. The Kier molecular flexibility index (Phi) is 3.97. The molecule has 0 amide bonds. The highest BCUT2D eigenvalue weighted by Crippen LogP contribution is 2.24. The van der Waals surface area contributed by atoms with Crippen molar-refractivity contribution in [3.05, 3.63) is 46.0 Å². The fourth-order valence-corrected chi connectivity index (χ4v) is 1.90. The van der Waals surface area contributed by atoms with Crippen LogP contribution in [0.5, 0.6) is 5.75 Å². The molecule has 1 aromatic heterocycles.